The van der Waals surface area contributed by atoms with Gasteiger partial charge in [-0.25, -0.2) is 0 Å². The highest BCUT2D eigenvalue weighted by Gasteiger charge is 2.17. The second kappa shape index (κ2) is 11.1. The fourth-order valence-electron chi connectivity index (χ4n) is 2.98. The molecule has 0 fully saturated rings. The van der Waals surface area contributed by atoms with Gasteiger partial charge in [0.1, 0.15) is 5.75 Å². The standard InChI is InChI=1S/C23H30N2O3/c1-3-18(2)20-11-7-8-12-21(20)28-17-23(27)25(16-14-22(24)26)15-13-19-9-5-4-6-10-19/h4-12,18H,3,13-17H2,1-2H3,(H2,24,26). The van der Waals surface area contributed by atoms with Gasteiger partial charge in [-0.3, -0.25) is 9.59 Å². The molecule has 0 aliphatic rings. The third-order valence-corrected chi connectivity index (χ3v) is 4.91. The summed E-state index contributed by atoms with van der Waals surface area (Å²) in [5.41, 5.74) is 7.52. The van der Waals surface area contributed by atoms with Gasteiger partial charge in [0.05, 0.1) is 0 Å². The SMILES string of the molecule is CCC(C)c1ccccc1OCC(=O)N(CCC(N)=O)CCc1ccccc1. The first-order chi connectivity index (χ1) is 13.5. The van der Waals surface area contributed by atoms with E-state index in [2.05, 4.69) is 13.8 Å². The van der Waals surface area contributed by atoms with Crippen molar-refractivity contribution in [3.63, 3.8) is 0 Å². The number of hydrogen-bond donors (Lipinski definition) is 1. The molecule has 0 saturated heterocycles. The van der Waals surface area contributed by atoms with Crippen molar-refractivity contribution in [2.75, 3.05) is 19.7 Å². The summed E-state index contributed by atoms with van der Waals surface area (Å²) in [5, 5.41) is 0. The van der Waals surface area contributed by atoms with E-state index >= 15 is 0 Å². The van der Waals surface area contributed by atoms with E-state index in [0.717, 1.165) is 29.7 Å². The molecule has 1 unspecified atom stereocenters. The lowest BCUT2D eigenvalue weighted by Crippen LogP contribution is -2.38. The summed E-state index contributed by atoms with van der Waals surface area (Å²) < 4.78 is 5.85. The van der Waals surface area contributed by atoms with E-state index in [4.69, 9.17) is 10.5 Å². The van der Waals surface area contributed by atoms with Crippen LogP contribution in [-0.4, -0.2) is 36.4 Å². The first kappa shape index (κ1) is 21.5. The van der Waals surface area contributed by atoms with Gasteiger partial charge in [-0.1, -0.05) is 62.4 Å². The number of benzene rings is 2. The highest BCUT2D eigenvalue weighted by atomic mass is 16.5. The van der Waals surface area contributed by atoms with E-state index in [9.17, 15) is 9.59 Å². The Balaban J connectivity index is 2.00. The topological polar surface area (TPSA) is 72.6 Å². The molecule has 1 atom stereocenters. The number of carbonyl (C=O) groups is 2. The molecular weight excluding hydrogens is 352 g/mol. The van der Waals surface area contributed by atoms with Crippen molar-refractivity contribution in [2.45, 2.75) is 39.0 Å². The number of rotatable bonds is 11. The second-order valence-electron chi connectivity index (χ2n) is 6.97. The first-order valence-corrected chi connectivity index (χ1v) is 9.83. The van der Waals surface area contributed by atoms with Gasteiger partial charge in [0.15, 0.2) is 6.61 Å². The van der Waals surface area contributed by atoms with Crippen molar-refractivity contribution >= 4 is 11.8 Å². The third kappa shape index (κ3) is 6.72. The van der Waals surface area contributed by atoms with Crippen LogP contribution >= 0.6 is 0 Å². The minimum Gasteiger partial charge on any atom is -0.483 e. The number of nitrogens with two attached hydrogens (primary N) is 1. The van der Waals surface area contributed by atoms with Crippen LogP contribution in [-0.2, 0) is 16.0 Å². The lowest BCUT2D eigenvalue weighted by Gasteiger charge is -2.23. The Kier molecular flexibility index (Phi) is 8.53. The van der Waals surface area contributed by atoms with Crippen LogP contribution in [0, 0.1) is 0 Å². The van der Waals surface area contributed by atoms with Crippen molar-refractivity contribution < 1.29 is 14.3 Å². The minimum atomic E-state index is -0.416. The van der Waals surface area contributed by atoms with Gasteiger partial charge < -0.3 is 15.4 Å². The highest BCUT2D eigenvalue weighted by molar-refractivity contribution is 5.79. The molecule has 150 valence electrons. The highest BCUT2D eigenvalue weighted by Crippen LogP contribution is 2.28. The maximum atomic E-state index is 12.7. The largest absolute Gasteiger partial charge is 0.483 e. The Morgan fingerprint density at radius 3 is 2.39 bits per heavy atom. The van der Waals surface area contributed by atoms with Gasteiger partial charge in [-0.05, 0) is 36.0 Å². The normalized spacial score (nSPS) is 11.6. The molecule has 0 bridgehead atoms. The summed E-state index contributed by atoms with van der Waals surface area (Å²) >= 11 is 0. The summed E-state index contributed by atoms with van der Waals surface area (Å²) in [5.74, 6) is 0.537. The lowest BCUT2D eigenvalue weighted by atomic mass is 9.98. The van der Waals surface area contributed by atoms with Crippen molar-refractivity contribution in [1.82, 2.24) is 4.90 Å². The van der Waals surface area contributed by atoms with Crippen molar-refractivity contribution in [2.24, 2.45) is 5.73 Å². The van der Waals surface area contributed by atoms with Gasteiger partial charge in [-0.2, -0.15) is 0 Å². The summed E-state index contributed by atoms with van der Waals surface area (Å²) in [6, 6.07) is 17.8. The van der Waals surface area contributed by atoms with E-state index in [1.54, 1.807) is 4.90 Å². The second-order valence-corrected chi connectivity index (χ2v) is 6.97. The number of ether oxygens (including phenoxy) is 1. The molecule has 2 aromatic rings. The number of primary amides is 1. The zero-order valence-corrected chi connectivity index (χ0v) is 16.8. The van der Waals surface area contributed by atoms with Crippen LogP contribution < -0.4 is 10.5 Å². The fraction of sp³-hybridized carbons (Fsp3) is 0.391. The molecule has 2 amide bonds. The zero-order valence-electron chi connectivity index (χ0n) is 16.8. The van der Waals surface area contributed by atoms with Crippen LogP contribution in [0.25, 0.3) is 0 Å². The zero-order chi connectivity index (χ0) is 20.4. The molecule has 0 aliphatic heterocycles. The van der Waals surface area contributed by atoms with Crippen molar-refractivity contribution in [3.8, 4) is 5.75 Å². The predicted octanol–water partition coefficient (Wildman–Crippen LogP) is 3.53. The average Bonchev–Trinajstić information content (AvgIpc) is 2.72. The van der Waals surface area contributed by atoms with Gasteiger partial charge in [0.25, 0.3) is 5.91 Å². The Hall–Kier alpha value is -2.82. The van der Waals surface area contributed by atoms with E-state index < -0.39 is 5.91 Å². The molecule has 5 nitrogen and oxygen atoms in total. The molecule has 28 heavy (non-hydrogen) atoms. The molecule has 0 radical (unpaired) electrons. The molecule has 0 aromatic heterocycles. The molecule has 2 aromatic carbocycles. The summed E-state index contributed by atoms with van der Waals surface area (Å²) in [7, 11) is 0. The van der Waals surface area contributed by atoms with Crippen molar-refractivity contribution in [1.29, 1.82) is 0 Å². The maximum absolute atomic E-state index is 12.7. The number of carbonyl (C=O) groups excluding carboxylic acids is 2. The summed E-state index contributed by atoms with van der Waals surface area (Å²) in [4.78, 5) is 25.6. The molecule has 0 heterocycles. The van der Waals surface area contributed by atoms with Crippen LogP contribution in [0.15, 0.2) is 54.6 Å². The first-order valence-electron chi connectivity index (χ1n) is 9.83. The van der Waals surface area contributed by atoms with Gasteiger partial charge in [0.2, 0.25) is 5.91 Å². The molecule has 2 N–H and O–H groups in total. The predicted molar refractivity (Wildman–Crippen MR) is 111 cm³/mol. The van der Waals surface area contributed by atoms with Gasteiger partial charge in [-0.15, -0.1) is 0 Å². The Morgan fingerprint density at radius 2 is 1.71 bits per heavy atom. The van der Waals surface area contributed by atoms with Gasteiger partial charge in [0, 0.05) is 19.5 Å². The Bertz CT molecular complexity index is 761. The smallest absolute Gasteiger partial charge is 0.260 e. The van der Waals surface area contributed by atoms with Crippen LogP contribution in [0.5, 0.6) is 5.75 Å². The van der Waals surface area contributed by atoms with Crippen LogP contribution in [0.3, 0.4) is 0 Å². The van der Waals surface area contributed by atoms with E-state index in [1.165, 1.54) is 0 Å². The van der Waals surface area contributed by atoms with Crippen LogP contribution in [0.4, 0.5) is 0 Å². The molecule has 2 rings (SSSR count). The Morgan fingerprint density at radius 1 is 1.04 bits per heavy atom. The molecule has 5 heteroatoms. The molecule has 0 aliphatic carbocycles. The quantitative estimate of drug-likeness (QED) is 0.646. The number of amides is 2. The minimum absolute atomic E-state index is 0.0546. The van der Waals surface area contributed by atoms with E-state index in [1.807, 2.05) is 54.6 Å². The van der Waals surface area contributed by atoms with Gasteiger partial charge >= 0.3 is 0 Å². The number of nitrogens with zero attached hydrogens (tertiary/aromatic N) is 1. The van der Waals surface area contributed by atoms with E-state index in [-0.39, 0.29) is 18.9 Å². The maximum Gasteiger partial charge on any atom is 0.260 e. The third-order valence-electron chi connectivity index (χ3n) is 4.91. The van der Waals surface area contributed by atoms with Crippen LogP contribution in [0.1, 0.15) is 43.7 Å². The number of para-hydroxylation sites is 1. The summed E-state index contributed by atoms with van der Waals surface area (Å²) in [6.07, 6.45) is 1.86. The van der Waals surface area contributed by atoms with Crippen molar-refractivity contribution in [3.05, 3.63) is 65.7 Å². The Labute approximate surface area is 167 Å². The summed E-state index contributed by atoms with van der Waals surface area (Å²) in [6.45, 7) is 5.04. The molecule has 0 saturated carbocycles. The monoisotopic (exact) mass is 382 g/mol. The fourth-order valence-corrected chi connectivity index (χ4v) is 2.98. The molecular formula is C23H30N2O3. The van der Waals surface area contributed by atoms with Crippen LogP contribution in [0.2, 0.25) is 0 Å². The lowest BCUT2D eigenvalue weighted by molar-refractivity contribution is -0.133. The number of hydrogen-bond acceptors (Lipinski definition) is 3. The van der Waals surface area contributed by atoms with E-state index in [0.29, 0.717) is 19.0 Å². The average molecular weight is 383 g/mol. The molecule has 0 spiro atoms.